The lowest BCUT2D eigenvalue weighted by molar-refractivity contribution is -0.137. The molecule has 0 aromatic carbocycles. The molecule has 1 aliphatic heterocycles. The van der Waals surface area contributed by atoms with Gasteiger partial charge in [-0.15, -0.1) is 0 Å². The molecule has 0 saturated carbocycles. The molecule has 1 atom stereocenters. The Labute approximate surface area is 95.8 Å². The fraction of sp³-hybridized carbons (Fsp3) is 0.818. The van der Waals surface area contributed by atoms with Crippen molar-refractivity contribution in [2.24, 2.45) is 0 Å². The summed E-state index contributed by atoms with van der Waals surface area (Å²) in [4.78, 5) is 23.8. The van der Waals surface area contributed by atoms with Crippen LogP contribution in [0.5, 0.6) is 0 Å². The Balaban J connectivity index is 2.12. The number of piperazine rings is 1. The van der Waals surface area contributed by atoms with Crippen molar-refractivity contribution in [1.82, 2.24) is 10.2 Å². The van der Waals surface area contributed by atoms with Crippen molar-refractivity contribution in [3.63, 3.8) is 0 Å². The zero-order chi connectivity index (χ0) is 12.0. The number of nitrogens with zero attached hydrogens (tertiary/aromatic N) is 1. The van der Waals surface area contributed by atoms with Crippen LogP contribution in [0.3, 0.4) is 0 Å². The van der Waals surface area contributed by atoms with E-state index in [0.29, 0.717) is 0 Å². The maximum absolute atomic E-state index is 11.4. The molecule has 0 aromatic rings. The van der Waals surface area contributed by atoms with E-state index in [9.17, 15) is 9.59 Å². The van der Waals surface area contributed by atoms with Crippen LogP contribution in [-0.4, -0.2) is 47.6 Å². The fourth-order valence-corrected chi connectivity index (χ4v) is 1.90. The van der Waals surface area contributed by atoms with Gasteiger partial charge >= 0.3 is 5.97 Å². The smallest absolute Gasteiger partial charge is 0.303 e. The predicted molar refractivity (Wildman–Crippen MR) is 60.1 cm³/mol. The van der Waals surface area contributed by atoms with Gasteiger partial charge < -0.3 is 10.4 Å². The van der Waals surface area contributed by atoms with Crippen LogP contribution in [0.15, 0.2) is 0 Å². The average Bonchev–Trinajstić information content (AvgIpc) is 2.23. The van der Waals surface area contributed by atoms with Crippen molar-refractivity contribution in [3.05, 3.63) is 0 Å². The summed E-state index contributed by atoms with van der Waals surface area (Å²) in [6, 6.07) is -0.0479. The van der Waals surface area contributed by atoms with Gasteiger partial charge in [0.25, 0.3) is 0 Å². The normalized spacial score (nSPS) is 21.8. The second-order valence-corrected chi connectivity index (χ2v) is 4.21. The van der Waals surface area contributed by atoms with Crippen LogP contribution in [0.4, 0.5) is 0 Å². The number of nitrogens with one attached hydrogen (secondary N) is 1. The Bertz CT molecular complexity index is 256. The van der Waals surface area contributed by atoms with Gasteiger partial charge in [-0.3, -0.25) is 14.5 Å². The number of hydrogen-bond donors (Lipinski definition) is 2. The van der Waals surface area contributed by atoms with Gasteiger partial charge in [-0.1, -0.05) is 6.42 Å². The van der Waals surface area contributed by atoms with Crippen LogP contribution < -0.4 is 5.32 Å². The van der Waals surface area contributed by atoms with E-state index < -0.39 is 5.97 Å². The molecule has 1 aliphatic rings. The summed E-state index contributed by atoms with van der Waals surface area (Å²) in [7, 11) is 0. The zero-order valence-corrected chi connectivity index (χ0v) is 9.74. The van der Waals surface area contributed by atoms with Crippen molar-refractivity contribution in [2.75, 3.05) is 19.6 Å². The van der Waals surface area contributed by atoms with Crippen molar-refractivity contribution in [1.29, 1.82) is 0 Å². The molecule has 0 bridgehead atoms. The van der Waals surface area contributed by atoms with Crippen molar-refractivity contribution >= 4 is 11.9 Å². The van der Waals surface area contributed by atoms with Gasteiger partial charge in [0.15, 0.2) is 0 Å². The molecule has 0 spiro atoms. The molecule has 1 saturated heterocycles. The van der Waals surface area contributed by atoms with Crippen molar-refractivity contribution in [3.8, 4) is 0 Å². The highest BCUT2D eigenvalue weighted by atomic mass is 16.4. The molecular weight excluding hydrogens is 208 g/mol. The summed E-state index contributed by atoms with van der Waals surface area (Å²) in [5.41, 5.74) is 0. The molecule has 1 heterocycles. The maximum atomic E-state index is 11.4. The van der Waals surface area contributed by atoms with Crippen LogP contribution in [0.2, 0.25) is 0 Å². The third-order valence-electron chi connectivity index (χ3n) is 2.96. The molecule has 2 N–H and O–H groups in total. The SMILES string of the molecule is CC1C(=O)NCCN1CCCCCC(=O)O. The first-order valence-electron chi connectivity index (χ1n) is 5.85. The van der Waals surface area contributed by atoms with Crippen LogP contribution in [0.25, 0.3) is 0 Å². The molecule has 1 unspecified atom stereocenters. The Kier molecular flexibility index (Phi) is 5.25. The maximum Gasteiger partial charge on any atom is 0.303 e. The molecule has 16 heavy (non-hydrogen) atoms. The second kappa shape index (κ2) is 6.48. The summed E-state index contributed by atoms with van der Waals surface area (Å²) >= 11 is 0. The lowest BCUT2D eigenvalue weighted by Gasteiger charge is -2.32. The number of carbonyl (C=O) groups excluding carboxylic acids is 1. The molecule has 1 rings (SSSR count). The molecule has 0 aliphatic carbocycles. The average molecular weight is 228 g/mol. The number of aliphatic carboxylic acids is 1. The number of amides is 1. The summed E-state index contributed by atoms with van der Waals surface area (Å²) in [6.07, 6.45) is 2.85. The van der Waals surface area contributed by atoms with Crippen LogP contribution in [0, 0.1) is 0 Å². The molecular formula is C11H20N2O3. The van der Waals surface area contributed by atoms with Gasteiger partial charge in [-0.2, -0.15) is 0 Å². The molecule has 92 valence electrons. The highest BCUT2D eigenvalue weighted by molar-refractivity contribution is 5.81. The minimum atomic E-state index is -0.731. The van der Waals surface area contributed by atoms with Crippen molar-refractivity contribution < 1.29 is 14.7 Å². The van der Waals surface area contributed by atoms with E-state index >= 15 is 0 Å². The zero-order valence-electron chi connectivity index (χ0n) is 9.74. The van der Waals surface area contributed by atoms with Crippen LogP contribution >= 0.6 is 0 Å². The minimum Gasteiger partial charge on any atom is -0.481 e. The predicted octanol–water partition coefficient (Wildman–Crippen LogP) is 0.452. The third kappa shape index (κ3) is 4.18. The first-order valence-corrected chi connectivity index (χ1v) is 5.85. The molecule has 1 amide bonds. The second-order valence-electron chi connectivity index (χ2n) is 4.21. The Morgan fingerprint density at radius 3 is 2.94 bits per heavy atom. The summed E-state index contributed by atoms with van der Waals surface area (Å²) in [6.45, 7) is 4.41. The Morgan fingerprint density at radius 2 is 2.25 bits per heavy atom. The first kappa shape index (κ1) is 13.0. The largest absolute Gasteiger partial charge is 0.481 e. The van der Waals surface area contributed by atoms with Gasteiger partial charge in [-0.25, -0.2) is 0 Å². The van der Waals surface area contributed by atoms with E-state index in [-0.39, 0.29) is 18.4 Å². The van der Waals surface area contributed by atoms with Gasteiger partial charge in [0.2, 0.25) is 5.91 Å². The number of hydrogen-bond acceptors (Lipinski definition) is 3. The Hall–Kier alpha value is -1.10. The standard InChI is InChI=1S/C11H20N2O3/c1-9-11(16)12-6-8-13(9)7-4-2-3-5-10(14)15/h9H,2-8H2,1H3,(H,12,16)(H,14,15). The summed E-state index contributed by atoms with van der Waals surface area (Å²) in [5, 5.41) is 11.3. The van der Waals surface area contributed by atoms with E-state index in [1.165, 1.54) is 0 Å². The van der Waals surface area contributed by atoms with Gasteiger partial charge in [0.05, 0.1) is 6.04 Å². The van der Waals surface area contributed by atoms with E-state index in [0.717, 1.165) is 38.9 Å². The number of rotatable bonds is 6. The molecule has 5 nitrogen and oxygen atoms in total. The number of unbranched alkanes of at least 4 members (excludes halogenated alkanes) is 2. The molecule has 1 fully saturated rings. The van der Waals surface area contributed by atoms with Crippen LogP contribution in [-0.2, 0) is 9.59 Å². The minimum absolute atomic E-state index is 0.0479. The number of carboxylic acid groups (broad SMARTS) is 1. The van der Waals surface area contributed by atoms with Gasteiger partial charge in [0, 0.05) is 19.5 Å². The molecule has 0 aromatic heterocycles. The van der Waals surface area contributed by atoms with E-state index in [1.807, 2.05) is 6.92 Å². The van der Waals surface area contributed by atoms with Crippen LogP contribution in [0.1, 0.15) is 32.6 Å². The first-order chi connectivity index (χ1) is 7.61. The lowest BCUT2D eigenvalue weighted by atomic mass is 10.1. The monoisotopic (exact) mass is 228 g/mol. The Morgan fingerprint density at radius 1 is 1.50 bits per heavy atom. The highest BCUT2D eigenvalue weighted by Crippen LogP contribution is 2.07. The third-order valence-corrected chi connectivity index (χ3v) is 2.96. The quantitative estimate of drug-likeness (QED) is 0.648. The van der Waals surface area contributed by atoms with Crippen molar-refractivity contribution in [2.45, 2.75) is 38.6 Å². The van der Waals surface area contributed by atoms with E-state index in [4.69, 9.17) is 5.11 Å². The number of carbonyl (C=O) groups is 2. The summed E-state index contributed by atoms with van der Waals surface area (Å²) in [5.74, 6) is -0.637. The molecule has 0 radical (unpaired) electrons. The number of carboxylic acids is 1. The summed E-state index contributed by atoms with van der Waals surface area (Å²) < 4.78 is 0. The highest BCUT2D eigenvalue weighted by Gasteiger charge is 2.24. The van der Waals surface area contributed by atoms with Gasteiger partial charge in [-0.05, 0) is 26.3 Å². The lowest BCUT2D eigenvalue weighted by Crippen LogP contribution is -2.53. The van der Waals surface area contributed by atoms with Gasteiger partial charge in [0.1, 0.15) is 0 Å². The molecule has 5 heteroatoms. The van der Waals surface area contributed by atoms with E-state index in [2.05, 4.69) is 10.2 Å². The fourth-order valence-electron chi connectivity index (χ4n) is 1.90. The van der Waals surface area contributed by atoms with E-state index in [1.54, 1.807) is 0 Å². The topological polar surface area (TPSA) is 69.6 Å².